The molecular weight excluding hydrogens is 248 g/mol. The third-order valence-electron chi connectivity index (χ3n) is 4.69. The Labute approximate surface area is 123 Å². The van der Waals surface area contributed by atoms with Crippen molar-refractivity contribution in [1.82, 2.24) is 4.90 Å². The van der Waals surface area contributed by atoms with Crippen molar-refractivity contribution in [2.45, 2.75) is 45.4 Å². The van der Waals surface area contributed by atoms with E-state index in [0.29, 0.717) is 25.2 Å². The molecule has 3 atom stereocenters. The highest BCUT2D eigenvalue weighted by molar-refractivity contribution is 5.26. The van der Waals surface area contributed by atoms with E-state index in [9.17, 15) is 0 Å². The number of piperidine rings is 1. The fraction of sp³-hybridized carbons (Fsp3) is 0.647. The first-order chi connectivity index (χ1) is 9.67. The summed E-state index contributed by atoms with van der Waals surface area (Å²) in [6.07, 6.45) is 2.61. The minimum atomic E-state index is 0.324. The summed E-state index contributed by atoms with van der Waals surface area (Å²) < 4.78 is 5.24. The fourth-order valence-electron chi connectivity index (χ4n) is 3.33. The van der Waals surface area contributed by atoms with Crippen LogP contribution in [0.25, 0.3) is 0 Å². The van der Waals surface area contributed by atoms with Gasteiger partial charge >= 0.3 is 0 Å². The maximum absolute atomic E-state index is 6.09. The smallest absolute Gasteiger partial charge is 0.0713 e. The molecule has 20 heavy (non-hydrogen) atoms. The Hall–Kier alpha value is -0.900. The zero-order valence-electron chi connectivity index (χ0n) is 13.0. The van der Waals surface area contributed by atoms with Gasteiger partial charge in [0.25, 0.3) is 0 Å². The Bertz CT molecular complexity index is 421. The van der Waals surface area contributed by atoms with Crippen molar-refractivity contribution in [1.29, 1.82) is 0 Å². The van der Waals surface area contributed by atoms with Gasteiger partial charge < -0.3 is 10.5 Å². The van der Waals surface area contributed by atoms with Crippen LogP contribution >= 0.6 is 0 Å². The van der Waals surface area contributed by atoms with Gasteiger partial charge in [-0.3, -0.25) is 4.90 Å². The lowest BCUT2D eigenvalue weighted by atomic mass is 9.89. The first kappa shape index (κ1) is 15.5. The maximum Gasteiger partial charge on any atom is 0.0713 e. The minimum absolute atomic E-state index is 0.324. The zero-order valence-corrected chi connectivity index (χ0v) is 13.0. The molecule has 1 saturated heterocycles. The topological polar surface area (TPSA) is 38.5 Å². The van der Waals surface area contributed by atoms with Crippen LogP contribution in [0, 0.1) is 5.92 Å². The quantitative estimate of drug-likeness (QED) is 0.898. The Kier molecular flexibility index (Phi) is 5.58. The summed E-state index contributed by atoms with van der Waals surface area (Å²) in [6, 6.07) is 9.59. The second kappa shape index (κ2) is 7.21. The highest BCUT2D eigenvalue weighted by Gasteiger charge is 2.30. The van der Waals surface area contributed by atoms with Crippen molar-refractivity contribution in [2.75, 3.05) is 20.2 Å². The van der Waals surface area contributed by atoms with E-state index in [1.165, 1.54) is 24.0 Å². The lowest BCUT2D eigenvalue weighted by Crippen LogP contribution is -2.46. The second-order valence-corrected chi connectivity index (χ2v) is 6.03. The summed E-state index contributed by atoms with van der Waals surface area (Å²) in [7, 11) is 1.74. The molecule has 1 fully saturated rings. The molecule has 3 heteroatoms. The van der Waals surface area contributed by atoms with Crippen LogP contribution in [0.15, 0.2) is 24.3 Å². The number of likely N-dealkylation sites (tertiary alicyclic amines) is 1. The van der Waals surface area contributed by atoms with Gasteiger partial charge in [-0.2, -0.15) is 0 Å². The number of benzene rings is 1. The summed E-state index contributed by atoms with van der Waals surface area (Å²) in [4.78, 5) is 2.58. The van der Waals surface area contributed by atoms with Gasteiger partial charge in [0.1, 0.15) is 0 Å². The Morgan fingerprint density at radius 1 is 1.40 bits per heavy atom. The van der Waals surface area contributed by atoms with E-state index in [0.717, 1.165) is 12.5 Å². The minimum Gasteiger partial charge on any atom is -0.380 e. The summed E-state index contributed by atoms with van der Waals surface area (Å²) in [5, 5.41) is 0. The van der Waals surface area contributed by atoms with Crippen molar-refractivity contribution < 1.29 is 4.74 Å². The molecule has 0 spiro atoms. The molecule has 0 bridgehead atoms. The van der Waals surface area contributed by atoms with Gasteiger partial charge in [0.15, 0.2) is 0 Å². The predicted octanol–water partition coefficient (Wildman–Crippen LogP) is 2.95. The Morgan fingerprint density at radius 3 is 2.90 bits per heavy atom. The largest absolute Gasteiger partial charge is 0.380 e. The summed E-state index contributed by atoms with van der Waals surface area (Å²) >= 11 is 0. The number of hydrogen-bond acceptors (Lipinski definition) is 3. The Balaban J connectivity index is 2.20. The first-order valence-electron chi connectivity index (χ1n) is 7.71. The van der Waals surface area contributed by atoms with E-state index < -0.39 is 0 Å². The number of methoxy groups -OCH3 is 1. The van der Waals surface area contributed by atoms with Crippen LogP contribution in [0.1, 0.15) is 43.9 Å². The van der Waals surface area contributed by atoms with Gasteiger partial charge in [0.05, 0.1) is 6.61 Å². The summed E-state index contributed by atoms with van der Waals surface area (Å²) in [5.41, 5.74) is 8.64. The molecule has 3 nitrogen and oxygen atoms in total. The van der Waals surface area contributed by atoms with Crippen LogP contribution in [-0.4, -0.2) is 31.1 Å². The van der Waals surface area contributed by atoms with Gasteiger partial charge in [-0.05, 0) is 43.4 Å². The highest BCUT2D eigenvalue weighted by Crippen LogP contribution is 2.31. The normalized spacial score (nSPS) is 25.6. The highest BCUT2D eigenvalue weighted by atomic mass is 16.5. The van der Waals surface area contributed by atoms with E-state index in [1.54, 1.807) is 7.11 Å². The van der Waals surface area contributed by atoms with Crippen molar-refractivity contribution in [2.24, 2.45) is 11.7 Å². The van der Waals surface area contributed by atoms with Gasteiger partial charge in [-0.1, -0.05) is 31.2 Å². The number of nitrogens with two attached hydrogens (primary N) is 1. The van der Waals surface area contributed by atoms with Crippen LogP contribution in [0.5, 0.6) is 0 Å². The van der Waals surface area contributed by atoms with Crippen LogP contribution in [0.4, 0.5) is 0 Å². The molecule has 1 aliphatic heterocycles. The lowest BCUT2D eigenvalue weighted by molar-refractivity contribution is 0.0708. The van der Waals surface area contributed by atoms with Crippen LogP contribution in [0.2, 0.25) is 0 Å². The van der Waals surface area contributed by atoms with Crippen LogP contribution in [-0.2, 0) is 11.3 Å². The molecule has 0 radical (unpaired) electrons. The molecule has 0 saturated carbocycles. The molecule has 112 valence electrons. The molecular formula is C17H28N2O. The maximum atomic E-state index is 6.09. The molecule has 1 aromatic rings. The SMILES string of the molecule is COCc1cccc(C(CN)N2CCCC(C)C2C)c1. The van der Waals surface area contributed by atoms with Gasteiger partial charge in [0, 0.05) is 25.7 Å². The molecule has 1 aromatic carbocycles. The number of hydrogen-bond donors (Lipinski definition) is 1. The number of rotatable bonds is 5. The van der Waals surface area contributed by atoms with Crippen LogP contribution in [0.3, 0.4) is 0 Å². The van der Waals surface area contributed by atoms with Gasteiger partial charge in [-0.25, -0.2) is 0 Å². The molecule has 2 rings (SSSR count). The number of ether oxygens (including phenoxy) is 1. The van der Waals surface area contributed by atoms with E-state index in [1.807, 2.05) is 0 Å². The molecule has 0 aliphatic carbocycles. The fourth-order valence-corrected chi connectivity index (χ4v) is 3.33. The third kappa shape index (κ3) is 3.40. The van der Waals surface area contributed by atoms with Gasteiger partial charge in [0.2, 0.25) is 0 Å². The van der Waals surface area contributed by atoms with Crippen molar-refractivity contribution in [3.63, 3.8) is 0 Å². The van der Waals surface area contributed by atoms with Crippen molar-refractivity contribution in [3.05, 3.63) is 35.4 Å². The van der Waals surface area contributed by atoms with E-state index >= 15 is 0 Å². The number of nitrogens with zero attached hydrogens (tertiary/aromatic N) is 1. The van der Waals surface area contributed by atoms with E-state index in [2.05, 4.69) is 43.0 Å². The molecule has 1 heterocycles. The molecule has 2 N–H and O–H groups in total. The predicted molar refractivity (Wildman–Crippen MR) is 83.5 cm³/mol. The summed E-state index contributed by atoms with van der Waals surface area (Å²) in [6.45, 7) is 7.18. The monoisotopic (exact) mass is 276 g/mol. The average Bonchev–Trinajstić information content (AvgIpc) is 2.45. The van der Waals surface area contributed by atoms with Gasteiger partial charge in [-0.15, -0.1) is 0 Å². The summed E-state index contributed by atoms with van der Waals surface area (Å²) in [5.74, 6) is 0.750. The second-order valence-electron chi connectivity index (χ2n) is 6.03. The molecule has 0 aromatic heterocycles. The van der Waals surface area contributed by atoms with Crippen molar-refractivity contribution >= 4 is 0 Å². The first-order valence-corrected chi connectivity index (χ1v) is 7.71. The van der Waals surface area contributed by atoms with E-state index in [-0.39, 0.29) is 0 Å². The average molecular weight is 276 g/mol. The van der Waals surface area contributed by atoms with Crippen LogP contribution < -0.4 is 5.73 Å². The standard InChI is InChI=1S/C17H28N2O/c1-13-6-5-9-19(14(13)2)17(11-18)16-8-4-7-15(10-16)12-20-3/h4,7-8,10,13-14,17H,5-6,9,11-12,18H2,1-3H3. The Morgan fingerprint density at radius 2 is 2.20 bits per heavy atom. The molecule has 3 unspecified atom stereocenters. The molecule has 1 aliphatic rings. The zero-order chi connectivity index (χ0) is 14.5. The lowest BCUT2D eigenvalue weighted by Gasteiger charge is -2.43. The van der Waals surface area contributed by atoms with Crippen molar-refractivity contribution in [3.8, 4) is 0 Å². The third-order valence-corrected chi connectivity index (χ3v) is 4.69. The molecule has 0 amide bonds. The van der Waals surface area contributed by atoms with E-state index in [4.69, 9.17) is 10.5 Å².